The van der Waals surface area contributed by atoms with Gasteiger partial charge in [0.15, 0.2) is 5.78 Å². The summed E-state index contributed by atoms with van der Waals surface area (Å²) in [6.07, 6.45) is 1.82. The van der Waals surface area contributed by atoms with Crippen molar-refractivity contribution in [2.45, 2.75) is 26.9 Å². The van der Waals surface area contributed by atoms with E-state index in [4.69, 9.17) is 0 Å². The molecular weight excluding hydrogens is 536 g/mol. The van der Waals surface area contributed by atoms with Crippen LogP contribution >= 0.6 is 0 Å². The third kappa shape index (κ3) is 8.70. The molecule has 0 saturated carbocycles. The second kappa shape index (κ2) is 14.2. The maximum absolute atomic E-state index is 12.6. The van der Waals surface area contributed by atoms with Crippen LogP contribution in [0.15, 0.2) is 103 Å². The molecule has 8 nitrogen and oxygen atoms in total. The number of aromatic nitrogens is 2. The molecule has 2 heterocycles. The average Bonchev–Trinajstić information content (AvgIpc) is 3.01. The molecule has 5 rings (SSSR count). The van der Waals surface area contributed by atoms with Crippen LogP contribution in [-0.4, -0.2) is 46.2 Å². The van der Waals surface area contributed by atoms with E-state index >= 15 is 0 Å². The lowest BCUT2D eigenvalue weighted by molar-refractivity contribution is -0.114. The number of hydrogen-bond donors (Lipinski definition) is 3. The number of carbonyl (C=O) groups is 2. The molecule has 3 aromatic carbocycles. The molecule has 0 spiro atoms. The van der Waals surface area contributed by atoms with Crippen LogP contribution in [-0.2, 0) is 17.9 Å². The second-order valence-corrected chi connectivity index (χ2v) is 10.5. The van der Waals surface area contributed by atoms with Gasteiger partial charge in [-0.3, -0.25) is 24.5 Å². The summed E-state index contributed by atoms with van der Waals surface area (Å²) in [5.74, 6) is -0.0952. The second-order valence-electron chi connectivity index (χ2n) is 10.5. The highest BCUT2D eigenvalue weighted by Crippen LogP contribution is 2.21. The third-order valence-electron chi connectivity index (χ3n) is 7.07. The number of hydrogen-bond acceptors (Lipinski definition) is 7. The Morgan fingerprint density at radius 2 is 1.47 bits per heavy atom. The summed E-state index contributed by atoms with van der Waals surface area (Å²) in [6.45, 7) is 6.73. The maximum Gasteiger partial charge on any atom is 0.243 e. The van der Waals surface area contributed by atoms with E-state index in [-0.39, 0.29) is 18.2 Å². The fraction of sp³-hybridized carbons (Fsp3) is 0.200. The van der Waals surface area contributed by atoms with Gasteiger partial charge in [0, 0.05) is 60.7 Å². The molecule has 0 unspecified atom stereocenters. The predicted molar refractivity (Wildman–Crippen MR) is 173 cm³/mol. The number of amides is 1. The highest BCUT2D eigenvalue weighted by molar-refractivity contribution is 5.99. The van der Waals surface area contributed by atoms with Gasteiger partial charge >= 0.3 is 0 Å². The van der Waals surface area contributed by atoms with Gasteiger partial charge in [-0.15, -0.1) is 0 Å². The number of pyridine rings is 2. The van der Waals surface area contributed by atoms with Crippen molar-refractivity contribution in [2.75, 3.05) is 35.6 Å². The minimum absolute atomic E-state index is 0.0412. The summed E-state index contributed by atoms with van der Waals surface area (Å²) in [5, 5.41) is 11.6. The molecule has 0 aliphatic rings. The lowest BCUT2D eigenvalue weighted by atomic mass is 10.0. The summed E-state index contributed by atoms with van der Waals surface area (Å²) in [7, 11) is 0. The Kier molecular flexibility index (Phi) is 9.71. The fourth-order valence-electron chi connectivity index (χ4n) is 4.84. The van der Waals surface area contributed by atoms with Crippen LogP contribution in [0.25, 0.3) is 10.8 Å². The van der Waals surface area contributed by atoms with Crippen molar-refractivity contribution >= 4 is 39.5 Å². The van der Waals surface area contributed by atoms with E-state index in [0.717, 1.165) is 71.1 Å². The van der Waals surface area contributed by atoms with Gasteiger partial charge in [-0.25, -0.2) is 0 Å². The van der Waals surface area contributed by atoms with Gasteiger partial charge in [-0.05, 0) is 91.3 Å². The SMILES string of the molecule is CC(=O)c1ccc2cc(NCC(=O)Nc3ccc(NCCN(Cc4ccccn4)Cc4cccc(C)n4)cc3)ccc2c1. The molecule has 0 aliphatic heterocycles. The zero-order valence-electron chi connectivity index (χ0n) is 24.5. The van der Waals surface area contributed by atoms with Crippen LogP contribution in [0, 0.1) is 6.92 Å². The van der Waals surface area contributed by atoms with Crippen molar-refractivity contribution in [3.63, 3.8) is 0 Å². The third-order valence-corrected chi connectivity index (χ3v) is 7.07. The fourth-order valence-corrected chi connectivity index (χ4v) is 4.84. The number of ketones is 1. The topological polar surface area (TPSA) is 99.2 Å². The summed E-state index contributed by atoms with van der Waals surface area (Å²) in [6, 6.07) is 31.3. The lowest BCUT2D eigenvalue weighted by Crippen LogP contribution is -2.29. The number of nitrogens with one attached hydrogen (secondary N) is 3. The van der Waals surface area contributed by atoms with E-state index in [1.54, 1.807) is 6.92 Å². The minimum Gasteiger partial charge on any atom is -0.384 e. The molecule has 0 radical (unpaired) electrons. The van der Waals surface area contributed by atoms with E-state index < -0.39 is 0 Å². The zero-order chi connectivity index (χ0) is 30.0. The first-order chi connectivity index (χ1) is 20.9. The summed E-state index contributed by atoms with van der Waals surface area (Å²) < 4.78 is 0. The Morgan fingerprint density at radius 3 is 2.23 bits per heavy atom. The highest BCUT2D eigenvalue weighted by atomic mass is 16.2. The van der Waals surface area contributed by atoms with E-state index in [1.165, 1.54) is 0 Å². The largest absolute Gasteiger partial charge is 0.384 e. The number of aryl methyl sites for hydroxylation is 1. The molecule has 0 fully saturated rings. The smallest absolute Gasteiger partial charge is 0.243 e. The zero-order valence-corrected chi connectivity index (χ0v) is 24.5. The Hall–Kier alpha value is -5.08. The van der Waals surface area contributed by atoms with Gasteiger partial charge < -0.3 is 16.0 Å². The number of anilines is 3. The molecule has 43 heavy (non-hydrogen) atoms. The molecule has 0 bridgehead atoms. The van der Waals surface area contributed by atoms with Crippen molar-refractivity contribution < 1.29 is 9.59 Å². The maximum atomic E-state index is 12.6. The predicted octanol–water partition coefficient (Wildman–Crippen LogP) is 6.31. The number of rotatable bonds is 13. The number of nitrogens with zero attached hydrogens (tertiary/aromatic N) is 3. The molecular formula is C35H36N6O2. The van der Waals surface area contributed by atoms with Crippen LogP contribution in [0.2, 0.25) is 0 Å². The molecule has 2 aromatic heterocycles. The van der Waals surface area contributed by atoms with Gasteiger partial charge in [0.25, 0.3) is 0 Å². The first-order valence-electron chi connectivity index (χ1n) is 14.4. The van der Waals surface area contributed by atoms with Crippen molar-refractivity contribution in [3.05, 3.63) is 126 Å². The van der Waals surface area contributed by atoms with E-state index in [0.29, 0.717) is 5.56 Å². The van der Waals surface area contributed by atoms with E-state index in [9.17, 15) is 9.59 Å². The van der Waals surface area contributed by atoms with Crippen LogP contribution in [0.3, 0.4) is 0 Å². The Labute approximate surface area is 252 Å². The number of benzene rings is 3. The Morgan fingerprint density at radius 1 is 0.744 bits per heavy atom. The molecule has 0 saturated heterocycles. The quantitative estimate of drug-likeness (QED) is 0.142. The van der Waals surface area contributed by atoms with Crippen molar-refractivity contribution in [3.8, 4) is 0 Å². The average molecular weight is 573 g/mol. The van der Waals surface area contributed by atoms with Gasteiger partial charge in [0.05, 0.1) is 17.9 Å². The Balaban J connectivity index is 1.10. The first kappa shape index (κ1) is 29.4. The molecule has 0 atom stereocenters. The van der Waals surface area contributed by atoms with Gasteiger partial charge in [-0.1, -0.05) is 30.3 Å². The van der Waals surface area contributed by atoms with Crippen LogP contribution < -0.4 is 16.0 Å². The number of carbonyl (C=O) groups excluding carboxylic acids is 2. The minimum atomic E-state index is -0.136. The number of fused-ring (bicyclic) bond motifs is 1. The van der Waals surface area contributed by atoms with Crippen molar-refractivity contribution in [1.82, 2.24) is 14.9 Å². The van der Waals surface area contributed by atoms with Crippen molar-refractivity contribution in [2.24, 2.45) is 0 Å². The van der Waals surface area contributed by atoms with E-state index in [1.807, 2.05) is 104 Å². The van der Waals surface area contributed by atoms with Crippen molar-refractivity contribution in [1.29, 1.82) is 0 Å². The summed E-state index contributed by atoms with van der Waals surface area (Å²) in [4.78, 5) is 35.7. The van der Waals surface area contributed by atoms with E-state index in [2.05, 4.69) is 36.9 Å². The monoisotopic (exact) mass is 572 g/mol. The molecule has 218 valence electrons. The lowest BCUT2D eigenvalue weighted by Gasteiger charge is -2.22. The molecule has 1 amide bonds. The first-order valence-corrected chi connectivity index (χ1v) is 14.4. The van der Waals surface area contributed by atoms with Gasteiger partial charge in [-0.2, -0.15) is 0 Å². The standard InChI is InChI=1S/C35H36N6O2/c1-25-6-5-8-34(39-25)24-41(23-33-7-3-4-17-36-33)19-18-37-30-13-15-31(16-14-30)40-35(43)22-38-32-12-11-28-20-27(26(2)42)9-10-29(28)21-32/h3-17,20-21,37-38H,18-19,22-24H2,1-2H3,(H,40,43). The van der Waals surface area contributed by atoms with Crippen LogP contribution in [0.5, 0.6) is 0 Å². The molecule has 5 aromatic rings. The van der Waals surface area contributed by atoms with Crippen LogP contribution in [0.1, 0.15) is 34.4 Å². The highest BCUT2D eigenvalue weighted by Gasteiger charge is 2.10. The summed E-state index contributed by atoms with van der Waals surface area (Å²) >= 11 is 0. The van der Waals surface area contributed by atoms with Gasteiger partial charge in [0.1, 0.15) is 0 Å². The Bertz CT molecular complexity index is 1690. The number of Topliss-reactive ketones (excluding diaryl/α,β-unsaturated/α-hetero) is 1. The molecule has 3 N–H and O–H groups in total. The van der Waals surface area contributed by atoms with Gasteiger partial charge in [0.2, 0.25) is 5.91 Å². The summed E-state index contributed by atoms with van der Waals surface area (Å²) in [5.41, 5.74) is 6.31. The van der Waals surface area contributed by atoms with Crippen LogP contribution in [0.4, 0.5) is 17.1 Å². The normalized spacial score (nSPS) is 11.0. The molecule has 0 aliphatic carbocycles. The molecule has 8 heteroatoms.